The molecule has 3 rings (SSSR count). The lowest BCUT2D eigenvalue weighted by Crippen LogP contribution is -2.51. The first-order valence-corrected chi connectivity index (χ1v) is 9.60. The highest BCUT2D eigenvalue weighted by Crippen LogP contribution is 2.30. The molecule has 2 fully saturated rings. The van der Waals surface area contributed by atoms with E-state index in [4.69, 9.17) is 0 Å². The second-order valence-corrected chi connectivity index (χ2v) is 7.92. The Bertz CT molecular complexity index is 655. The van der Waals surface area contributed by atoms with Gasteiger partial charge >= 0.3 is 0 Å². The quantitative estimate of drug-likeness (QED) is 0.871. The van der Waals surface area contributed by atoms with E-state index >= 15 is 0 Å². The molecular weight excluding hydrogens is 330 g/mol. The maximum Gasteiger partial charge on any atom is 0.257 e. The van der Waals surface area contributed by atoms with E-state index in [2.05, 4.69) is 33.7 Å². The molecule has 2 aliphatic rings. The standard InChI is InChI=1S/C19H31N5O2/c1-5-15-13-24(7-6-19(15,3)26)17(25)16-12-20-18(21-14(16)2)23-10-8-22(4)9-11-23/h12,15,26H,5-11,13H2,1-4H3/t15-,19+/m0/s1. The molecule has 7 nitrogen and oxygen atoms in total. The lowest BCUT2D eigenvalue weighted by Gasteiger charge is -2.42. The van der Waals surface area contributed by atoms with Crippen LogP contribution in [0.15, 0.2) is 6.20 Å². The van der Waals surface area contributed by atoms with Crippen molar-refractivity contribution in [2.75, 3.05) is 51.2 Å². The minimum absolute atomic E-state index is 0.0265. The number of aromatic nitrogens is 2. The maximum absolute atomic E-state index is 13.0. The van der Waals surface area contributed by atoms with Gasteiger partial charge in [0.1, 0.15) is 0 Å². The van der Waals surface area contributed by atoms with Crippen molar-refractivity contribution in [3.8, 4) is 0 Å². The Hall–Kier alpha value is -1.73. The number of nitrogens with zero attached hydrogens (tertiary/aromatic N) is 5. The number of carbonyl (C=O) groups is 1. The Morgan fingerprint density at radius 1 is 1.31 bits per heavy atom. The fourth-order valence-electron chi connectivity index (χ4n) is 3.87. The summed E-state index contributed by atoms with van der Waals surface area (Å²) < 4.78 is 0. The third kappa shape index (κ3) is 3.83. The third-order valence-electron chi connectivity index (χ3n) is 5.97. The van der Waals surface area contributed by atoms with E-state index in [0.717, 1.165) is 38.3 Å². The van der Waals surface area contributed by atoms with Gasteiger partial charge in [-0.3, -0.25) is 4.79 Å². The summed E-state index contributed by atoms with van der Waals surface area (Å²) in [4.78, 5) is 28.3. The topological polar surface area (TPSA) is 72.8 Å². The molecule has 0 spiro atoms. The number of amides is 1. The number of hydrogen-bond acceptors (Lipinski definition) is 6. The summed E-state index contributed by atoms with van der Waals surface area (Å²) >= 11 is 0. The molecule has 1 aromatic rings. The van der Waals surface area contributed by atoms with Crippen LogP contribution in [0.1, 0.15) is 42.7 Å². The minimum Gasteiger partial charge on any atom is -0.390 e. The number of anilines is 1. The minimum atomic E-state index is -0.692. The number of piperazine rings is 1. The lowest BCUT2D eigenvalue weighted by molar-refractivity contribution is -0.0521. The molecule has 0 unspecified atom stereocenters. The van der Waals surface area contributed by atoms with Crippen LogP contribution in [-0.4, -0.2) is 82.7 Å². The van der Waals surface area contributed by atoms with Crippen molar-refractivity contribution in [2.45, 2.75) is 39.2 Å². The number of hydrogen-bond donors (Lipinski definition) is 1. The largest absolute Gasteiger partial charge is 0.390 e. The molecule has 2 aliphatic heterocycles. The monoisotopic (exact) mass is 361 g/mol. The number of aryl methyl sites for hydroxylation is 1. The van der Waals surface area contributed by atoms with Crippen LogP contribution >= 0.6 is 0 Å². The van der Waals surface area contributed by atoms with Crippen LogP contribution in [0.25, 0.3) is 0 Å². The average Bonchev–Trinajstić information content (AvgIpc) is 2.61. The van der Waals surface area contributed by atoms with Crippen LogP contribution in [0.3, 0.4) is 0 Å². The van der Waals surface area contributed by atoms with Crippen molar-refractivity contribution >= 4 is 11.9 Å². The molecule has 1 amide bonds. The molecule has 1 N–H and O–H groups in total. The smallest absolute Gasteiger partial charge is 0.257 e. The van der Waals surface area contributed by atoms with Crippen LogP contribution in [-0.2, 0) is 0 Å². The second kappa shape index (κ2) is 7.48. The van der Waals surface area contributed by atoms with Gasteiger partial charge < -0.3 is 19.8 Å². The molecule has 7 heteroatoms. The predicted octanol–water partition coefficient (Wildman–Crippen LogP) is 1.16. The Balaban J connectivity index is 1.72. The van der Waals surface area contributed by atoms with Gasteiger partial charge in [0.05, 0.1) is 16.9 Å². The number of aliphatic hydroxyl groups is 1. The number of likely N-dealkylation sites (tertiary alicyclic amines) is 1. The molecule has 2 saturated heterocycles. The summed E-state index contributed by atoms with van der Waals surface area (Å²) in [5, 5.41) is 10.5. The Morgan fingerprint density at radius 3 is 2.62 bits per heavy atom. The van der Waals surface area contributed by atoms with Crippen LogP contribution in [0.2, 0.25) is 0 Å². The van der Waals surface area contributed by atoms with Crippen LogP contribution < -0.4 is 4.90 Å². The molecule has 3 heterocycles. The summed E-state index contributed by atoms with van der Waals surface area (Å²) in [6, 6.07) is 0. The zero-order valence-electron chi connectivity index (χ0n) is 16.4. The number of piperidine rings is 1. The van der Waals surface area contributed by atoms with Gasteiger partial charge in [0.2, 0.25) is 5.95 Å². The molecule has 26 heavy (non-hydrogen) atoms. The van der Waals surface area contributed by atoms with E-state index in [-0.39, 0.29) is 11.8 Å². The van der Waals surface area contributed by atoms with Crippen molar-refractivity contribution in [3.05, 3.63) is 17.5 Å². The van der Waals surface area contributed by atoms with Gasteiger partial charge in [-0.1, -0.05) is 6.92 Å². The molecular formula is C19H31N5O2. The van der Waals surface area contributed by atoms with Gasteiger partial charge in [-0.25, -0.2) is 9.97 Å². The molecule has 144 valence electrons. The molecule has 0 saturated carbocycles. The third-order valence-corrected chi connectivity index (χ3v) is 5.97. The van der Waals surface area contributed by atoms with Crippen molar-refractivity contribution in [2.24, 2.45) is 5.92 Å². The molecule has 2 atom stereocenters. The highest BCUT2D eigenvalue weighted by Gasteiger charge is 2.38. The molecule has 0 bridgehead atoms. The highest BCUT2D eigenvalue weighted by molar-refractivity contribution is 5.95. The van der Waals surface area contributed by atoms with Crippen molar-refractivity contribution < 1.29 is 9.90 Å². The number of rotatable bonds is 3. The van der Waals surface area contributed by atoms with E-state index in [9.17, 15) is 9.90 Å². The summed E-state index contributed by atoms with van der Waals surface area (Å²) in [5.74, 6) is 0.785. The van der Waals surface area contributed by atoms with E-state index in [1.807, 2.05) is 18.7 Å². The normalized spacial score (nSPS) is 27.7. The van der Waals surface area contributed by atoms with Crippen LogP contribution in [0.5, 0.6) is 0 Å². The predicted molar refractivity (Wildman–Crippen MR) is 101 cm³/mol. The first kappa shape index (κ1) is 19.0. The first-order chi connectivity index (χ1) is 12.3. The summed E-state index contributed by atoms with van der Waals surface area (Å²) in [6.45, 7) is 10.8. The van der Waals surface area contributed by atoms with Crippen LogP contribution in [0, 0.1) is 12.8 Å². The zero-order chi connectivity index (χ0) is 18.9. The van der Waals surface area contributed by atoms with E-state index in [1.54, 1.807) is 6.20 Å². The van der Waals surface area contributed by atoms with E-state index in [0.29, 0.717) is 31.0 Å². The van der Waals surface area contributed by atoms with Gasteiger partial charge in [0, 0.05) is 51.4 Å². The fourth-order valence-corrected chi connectivity index (χ4v) is 3.87. The Kier molecular flexibility index (Phi) is 5.48. The molecule has 1 aromatic heterocycles. The lowest BCUT2D eigenvalue weighted by atomic mass is 9.81. The highest BCUT2D eigenvalue weighted by atomic mass is 16.3. The maximum atomic E-state index is 13.0. The Morgan fingerprint density at radius 2 is 2.00 bits per heavy atom. The molecule has 0 radical (unpaired) electrons. The number of likely N-dealkylation sites (N-methyl/N-ethyl adjacent to an activating group) is 1. The molecule has 0 aromatic carbocycles. The van der Waals surface area contributed by atoms with Gasteiger partial charge in [0.25, 0.3) is 5.91 Å². The SMILES string of the molecule is CC[C@H]1CN(C(=O)c2cnc(N3CCN(C)CC3)nc2C)CC[C@@]1(C)O. The molecule has 0 aliphatic carbocycles. The van der Waals surface area contributed by atoms with Crippen molar-refractivity contribution in [1.29, 1.82) is 0 Å². The summed E-state index contributed by atoms with van der Waals surface area (Å²) in [7, 11) is 2.12. The Labute approximate surface area is 156 Å². The van der Waals surface area contributed by atoms with Crippen molar-refractivity contribution in [3.63, 3.8) is 0 Å². The zero-order valence-corrected chi connectivity index (χ0v) is 16.4. The summed E-state index contributed by atoms with van der Waals surface area (Å²) in [6.07, 6.45) is 3.14. The fraction of sp³-hybridized carbons (Fsp3) is 0.737. The van der Waals surface area contributed by atoms with E-state index in [1.165, 1.54) is 0 Å². The van der Waals surface area contributed by atoms with Gasteiger partial charge in [0.15, 0.2) is 0 Å². The van der Waals surface area contributed by atoms with Gasteiger partial charge in [-0.05, 0) is 33.7 Å². The average molecular weight is 361 g/mol. The second-order valence-electron chi connectivity index (χ2n) is 7.92. The van der Waals surface area contributed by atoms with Gasteiger partial charge in [-0.2, -0.15) is 0 Å². The van der Waals surface area contributed by atoms with Crippen molar-refractivity contribution in [1.82, 2.24) is 19.8 Å². The first-order valence-electron chi connectivity index (χ1n) is 9.60. The van der Waals surface area contributed by atoms with E-state index < -0.39 is 5.60 Å². The summed E-state index contributed by atoms with van der Waals surface area (Å²) in [5.41, 5.74) is 0.603. The number of carbonyl (C=O) groups excluding carboxylic acids is 1. The van der Waals surface area contributed by atoms with Gasteiger partial charge in [-0.15, -0.1) is 0 Å². The van der Waals surface area contributed by atoms with Crippen LogP contribution in [0.4, 0.5) is 5.95 Å².